The minimum Gasteiger partial charge on any atom is -0.351 e. The van der Waals surface area contributed by atoms with Crippen LogP contribution in [-0.4, -0.2) is 49.0 Å². The minimum absolute atomic E-state index is 0.186. The molecule has 0 unspecified atom stereocenters. The standard InChI is InChI=1S/C25H24ClN3O3S/c26-19-9-6-17(7-10-19)16-18-8-11-21-23(20-4-1-2-5-22(20)28-24(18)21)25(30)27-12-14-29-13-3-15-33(29,31)32/h1-2,4-7,9-10,16H,3,8,11-15H2,(H,27,30)/b18-16-. The Morgan fingerprint density at radius 3 is 2.67 bits per heavy atom. The summed E-state index contributed by atoms with van der Waals surface area (Å²) in [5.41, 5.74) is 5.34. The second kappa shape index (κ2) is 8.89. The number of carbonyl (C=O) groups excluding carboxylic acids is 1. The summed E-state index contributed by atoms with van der Waals surface area (Å²) >= 11 is 6.02. The van der Waals surface area contributed by atoms with Gasteiger partial charge in [0.15, 0.2) is 0 Å². The number of aromatic nitrogens is 1. The molecule has 0 bridgehead atoms. The molecular weight excluding hydrogens is 458 g/mol. The fourth-order valence-electron chi connectivity index (χ4n) is 4.62. The van der Waals surface area contributed by atoms with Crippen LogP contribution < -0.4 is 5.32 Å². The number of nitrogens with one attached hydrogen (secondary N) is 1. The van der Waals surface area contributed by atoms with E-state index in [1.165, 1.54) is 4.31 Å². The monoisotopic (exact) mass is 481 g/mol. The van der Waals surface area contributed by atoms with Crippen LogP contribution in [0.5, 0.6) is 0 Å². The van der Waals surface area contributed by atoms with E-state index in [2.05, 4.69) is 11.4 Å². The molecule has 170 valence electrons. The number of hydrogen-bond donors (Lipinski definition) is 1. The number of benzene rings is 2. The Balaban J connectivity index is 1.46. The summed E-state index contributed by atoms with van der Waals surface area (Å²) in [6.45, 7) is 1.09. The van der Waals surface area contributed by atoms with Crippen LogP contribution in [0, 0.1) is 0 Å². The van der Waals surface area contributed by atoms with Crippen LogP contribution in [-0.2, 0) is 16.4 Å². The van der Waals surface area contributed by atoms with Gasteiger partial charge < -0.3 is 5.32 Å². The predicted octanol–water partition coefficient (Wildman–Crippen LogP) is 4.14. The largest absolute Gasteiger partial charge is 0.351 e. The second-order valence-electron chi connectivity index (χ2n) is 8.38. The van der Waals surface area contributed by atoms with Gasteiger partial charge in [0.05, 0.1) is 22.5 Å². The smallest absolute Gasteiger partial charge is 0.252 e. The Labute approximate surface area is 198 Å². The molecule has 6 nitrogen and oxygen atoms in total. The Morgan fingerprint density at radius 1 is 1.12 bits per heavy atom. The number of allylic oxidation sites excluding steroid dienone is 1. The molecule has 3 aromatic rings. The molecule has 0 spiro atoms. The van der Waals surface area contributed by atoms with Crippen molar-refractivity contribution in [3.05, 3.63) is 75.9 Å². The summed E-state index contributed by atoms with van der Waals surface area (Å²) in [4.78, 5) is 18.2. The van der Waals surface area contributed by atoms with E-state index < -0.39 is 10.0 Å². The summed E-state index contributed by atoms with van der Waals surface area (Å²) in [5, 5.41) is 4.45. The van der Waals surface area contributed by atoms with Crippen molar-refractivity contribution in [2.24, 2.45) is 0 Å². The number of carbonyl (C=O) groups is 1. The fourth-order valence-corrected chi connectivity index (χ4v) is 6.28. The van der Waals surface area contributed by atoms with Crippen LogP contribution in [0.15, 0.2) is 48.5 Å². The number of rotatable bonds is 5. The van der Waals surface area contributed by atoms with Gasteiger partial charge in [0.1, 0.15) is 0 Å². The van der Waals surface area contributed by atoms with Crippen molar-refractivity contribution >= 4 is 50.1 Å². The third-order valence-electron chi connectivity index (χ3n) is 6.23. The van der Waals surface area contributed by atoms with Gasteiger partial charge in [-0.1, -0.05) is 41.9 Å². The first-order valence-electron chi connectivity index (χ1n) is 11.1. The maximum absolute atomic E-state index is 13.3. The molecule has 1 saturated heterocycles. The molecule has 2 aliphatic rings. The van der Waals surface area contributed by atoms with Gasteiger partial charge in [-0.05, 0) is 60.2 Å². The Hall–Kier alpha value is -2.74. The highest BCUT2D eigenvalue weighted by Crippen LogP contribution is 2.37. The van der Waals surface area contributed by atoms with Crippen molar-refractivity contribution in [3.63, 3.8) is 0 Å². The SMILES string of the molecule is O=C(NCCN1CCCS1(=O)=O)c1c2c(nc3ccccc13)/C(=C\c1ccc(Cl)cc1)CC2. The Bertz CT molecular complexity index is 1370. The van der Waals surface area contributed by atoms with E-state index in [-0.39, 0.29) is 18.2 Å². The molecular formula is C25H24ClN3O3S. The number of nitrogens with zero attached hydrogens (tertiary/aromatic N) is 2. The van der Waals surface area contributed by atoms with Crippen molar-refractivity contribution < 1.29 is 13.2 Å². The fraction of sp³-hybridized carbons (Fsp3) is 0.280. The highest BCUT2D eigenvalue weighted by atomic mass is 35.5. The van der Waals surface area contributed by atoms with Gasteiger partial charge in [-0.25, -0.2) is 17.7 Å². The molecule has 33 heavy (non-hydrogen) atoms. The first kappa shape index (κ1) is 22.1. The van der Waals surface area contributed by atoms with Gasteiger partial charge >= 0.3 is 0 Å². The van der Waals surface area contributed by atoms with Gasteiger partial charge in [0.25, 0.3) is 5.91 Å². The average Bonchev–Trinajstić information content (AvgIpc) is 3.35. The van der Waals surface area contributed by atoms with E-state index in [0.717, 1.165) is 46.1 Å². The van der Waals surface area contributed by atoms with Crippen LogP contribution in [0.25, 0.3) is 22.6 Å². The molecule has 2 heterocycles. The van der Waals surface area contributed by atoms with Gasteiger partial charge in [-0.2, -0.15) is 0 Å². The number of pyridine rings is 1. The number of halogens is 1. The number of sulfonamides is 1. The van der Waals surface area contributed by atoms with Crippen molar-refractivity contribution in [2.45, 2.75) is 19.3 Å². The summed E-state index contributed by atoms with van der Waals surface area (Å²) in [7, 11) is -3.18. The lowest BCUT2D eigenvalue weighted by molar-refractivity contribution is 0.0952. The predicted molar refractivity (Wildman–Crippen MR) is 132 cm³/mol. The minimum atomic E-state index is -3.18. The van der Waals surface area contributed by atoms with Gasteiger partial charge in [-0.3, -0.25) is 4.79 Å². The number of fused-ring (bicyclic) bond motifs is 2. The van der Waals surface area contributed by atoms with Gasteiger partial charge in [0, 0.05) is 30.0 Å². The maximum Gasteiger partial charge on any atom is 0.252 e. The molecule has 1 fully saturated rings. The van der Waals surface area contributed by atoms with E-state index in [1.807, 2.05) is 48.5 Å². The van der Waals surface area contributed by atoms with Crippen LogP contribution in [0.1, 0.15) is 40.0 Å². The van der Waals surface area contributed by atoms with E-state index in [9.17, 15) is 13.2 Å². The van der Waals surface area contributed by atoms with Crippen LogP contribution in [0.2, 0.25) is 5.02 Å². The number of para-hydroxylation sites is 1. The van der Waals surface area contributed by atoms with Crippen molar-refractivity contribution in [1.29, 1.82) is 0 Å². The first-order valence-corrected chi connectivity index (χ1v) is 13.1. The van der Waals surface area contributed by atoms with E-state index in [4.69, 9.17) is 16.6 Å². The number of amides is 1. The lowest BCUT2D eigenvalue weighted by atomic mass is 10.00. The van der Waals surface area contributed by atoms with Gasteiger partial charge in [-0.15, -0.1) is 0 Å². The highest BCUT2D eigenvalue weighted by molar-refractivity contribution is 7.89. The summed E-state index contributed by atoms with van der Waals surface area (Å²) in [6, 6.07) is 15.3. The zero-order valence-corrected chi connectivity index (χ0v) is 19.6. The van der Waals surface area contributed by atoms with E-state index in [1.54, 1.807) is 0 Å². The zero-order valence-electron chi connectivity index (χ0n) is 18.1. The number of hydrogen-bond acceptors (Lipinski definition) is 4. The van der Waals surface area contributed by atoms with Crippen molar-refractivity contribution in [2.75, 3.05) is 25.4 Å². The Morgan fingerprint density at radius 2 is 1.91 bits per heavy atom. The average molecular weight is 482 g/mol. The van der Waals surface area contributed by atoms with Crippen LogP contribution >= 0.6 is 11.6 Å². The third-order valence-corrected chi connectivity index (χ3v) is 8.44. The van der Waals surface area contributed by atoms with Crippen molar-refractivity contribution in [1.82, 2.24) is 14.6 Å². The lowest BCUT2D eigenvalue weighted by Gasteiger charge is -2.16. The summed E-state index contributed by atoms with van der Waals surface area (Å²) < 4.78 is 25.5. The van der Waals surface area contributed by atoms with E-state index in [0.29, 0.717) is 30.1 Å². The topological polar surface area (TPSA) is 79.4 Å². The molecule has 1 N–H and O–H groups in total. The highest BCUT2D eigenvalue weighted by Gasteiger charge is 2.29. The van der Waals surface area contributed by atoms with Crippen molar-refractivity contribution in [3.8, 4) is 0 Å². The molecule has 1 amide bonds. The first-order chi connectivity index (χ1) is 15.9. The molecule has 0 saturated carbocycles. The lowest BCUT2D eigenvalue weighted by Crippen LogP contribution is -2.36. The molecule has 0 atom stereocenters. The summed E-state index contributed by atoms with van der Waals surface area (Å²) in [5.74, 6) is 0.000747. The molecule has 5 rings (SSSR count). The molecule has 1 aliphatic carbocycles. The zero-order chi connectivity index (χ0) is 23.0. The molecule has 2 aromatic carbocycles. The molecule has 1 aliphatic heterocycles. The normalized spacial score (nSPS) is 18.6. The Kier molecular flexibility index (Phi) is 5.95. The molecule has 0 radical (unpaired) electrons. The quantitative estimate of drug-likeness (QED) is 0.594. The third kappa shape index (κ3) is 4.40. The maximum atomic E-state index is 13.3. The summed E-state index contributed by atoms with van der Waals surface area (Å²) in [6.07, 6.45) is 4.27. The van der Waals surface area contributed by atoms with E-state index >= 15 is 0 Å². The van der Waals surface area contributed by atoms with Crippen LogP contribution in [0.3, 0.4) is 0 Å². The molecule has 8 heteroatoms. The molecule has 1 aromatic heterocycles. The second-order valence-corrected chi connectivity index (χ2v) is 10.9. The van der Waals surface area contributed by atoms with Crippen LogP contribution in [0.4, 0.5) is 0 Å². The van der Waals surface area contributed by atoms with Gasteiger partial charge in [0.2, 0.25) is 10.0 Å².